The highest BCUT2D eigenvalue weighted by molar-refractivity contribution is 5.05. The number of piperidine rings is 2. The Hall–Kier alpha value is -0.0800. The van der Waals surface area contributed by atoms with E-state index in [4.69, 9.17) is 0 Å². The summed E-state index contributed by atoms with van der Waals surface area (Å²) in [6, 6.07) is 0.938. The van der Waals surface area contributed by atoms with Crippen LogP contribution in [0.3, 0.4) is 0 Å². The molecule has 3 rings (SSSR count). The molecule has 0 aromatic heterocycles. The highest BCUT2D eigenvalue weighted by Crippen LogP contribution is 2.51. The van der Waals surface area contributed by atoms with Crippen molar-refractivity contribution >= 4 is 0 Å². The van der Waals surface area contributed by atoms with Gasteiger partial charge in [0.25, 0.3) is 0 Å². The van der Waals surface area contributed by atoms with Crippen molar-refractivity contribution in [3.8, 4) is 0 Å². The molecule has 1 spiro atoms. The molecule has 0 saturated carbocycles. The van der Waals surface area contributed by atoms with Crippen LogP contribution in [0, 0.1) is 11.3 Å². The van der Waals surface area contributed by atoms with Gasteiger partial charge in [-0.25, -0.2) is 0 Å². The average molecular weight is 222 g/mol. The van der Waals surface area contributed by atoms with E-state index in [1.54, 1.807) is 0 Å². The number of rotatable bonds is 1. The number of nitrogens with one attached hydrogen (secondary N) is 1. The van der Waals surface area contributed by atoms with Crippen molar-refractivity contribution in [3.63, 3.8) is 0 Å². The molecule has 0 aromatic rings. The first-order valence-corrected chi connectivity index (χ1v) is 7.31. The molecule has 2 nitrogen and oxygen atoms in total. The van der Waals surface area contributed by atoms with Crippen LogP contribution in [-0.4, -0.2) is 37.1 Å². The zero-order chi connectivity index (χ0) is 11.0. The third kappa shape index (κ3) is 1.53. The Morgan fingerprint density at radius 3 is 3.06 bits per heavy atom. The van der Waals surface area contributed by atoms with E-state index in [-0.39, 0.29) is 0 Å². The highest BCUT2D eigenvalue weighted by atomic mass is 15.2. The van der Waals surface area contributed by atoms with Gasteiger partial charge in [-0.3, -0.25) is 4.90 Å². The van der Waals surface area contributed by atoms with Crippen LogP contribution in [0.5, 0.6) is 0 Å². The lowest BCUT2D eigenvalue weighted by atomic mass is 9.63. The summed E-state index contributed by atoms with van der Waals surface area (Å²) in [6.45, 7) is 7.71. The summed E-state index contributed by atoms with van der Waals surface area (Å²) in [4.78, 5) is 2.82. The van der Waals surface area contributed by atoms with Gasteiger partial charge in [-0.15, -0.1) is 0 Å². The van der Waals surface area contributed by atoms with Gasteiger partial charge in [0.2, 0.25) is 0 Å². The van der Waals surface area contributed by atoms with Gasteiger partial charge in [-0.1, -0.05) is 19.8 Å². The number of nitrogens with zero attached hydrogens (tertiary/aromatic N) is 1. The van der Waals surface area contributed by atoms with E-state index >= 15 is 0 Å². The van der Waals surface area contributed by atoms with Gasteiger partial charge in [-0.05, 0) is 63.2 Å². The van der Waals surface area contributed by atoms with E-state index in [0.29, 0.717) is 5.41 Å². The summed E-state index contributed by atoms with van der Waals surface area (Å²) in [5.74, 6) is 0.939. The van der Waals surface area contributed by atoms with Crippen LogP contribution in [0.1, 0.15) is 45.4 Å². The summed E-state index contributed by atoms with van der Waals surface area (Å²) in [5, 5.41) is 3.61. The number of fused-ring (bicyclic) bond motifs is 2. The van der Waals surface area contributed by atoms with Crippen molar-refractivity contribution in [2.24, 2.45) is 11.3 Å². The average Bonchev–Trinajstić information content (AvgIpc) is 2.71. The second-order valence-electron chi connectivity index (χ2n) is 6.09. The second kappa shape index (κ2) is 4.30. The molecule has 0 bridgehead atoms. The third-order valence-electron chi connectivity index (χ3n) is 5.61. The van der Waals surface area contributed by atoms with Gasteiger partial charge in [0.1, 0.15) is 0 Å². The first-order valence-electron chi connectivity index (χ1n) is 7.31. The molecule has 3 fully saturated rings. The predicted molar refractivity (Wildman–Crippen MR) is 67.5 cm³/mol. The molecule has 1 N–H and O–H groups in total. The van der Waals surface area contributed by atoms with E-state index < -0.39 is 0 Å². The summed E-state index contributed by atoms with van der Waals surface area (Å²) in [5.41, 5.74) is 0.695. The van der Waals surface area contributed by atoms with Crippen LogP contribution in [0.2, 0.25) is 0 Å². The van der Waals surface area contributed by atoms with Gasteiger partial charge in [0.05, 0.1) is 0 Å². The Balaban J connectivity index is 1.84. The van der Waals surface area contributed by atoms with Crippen molar-refractivity contribution in [2.75, 3.05) is 26.2 Å². The maximum Gasteiger partial charge on any atom is 0.0156 e. The van der Waals surface area contributed by atoms with E-state index in [1.165, 1.54) is 64.7 Å². The minimum atomic E-state index is 0.695. The first kappa shape index (κ1) is 11.0. The fraction of sp³-hybridized carbons (Fsp3) is 1.00. The van der Waals surface area contributed by atoms with Crippen molar-refractivity contribution < 1.29 is 0 Å². The van der Waals surface area contributed by atoms with Gasteiger partial charge in [0.15, 0.2) is 0 Å². The van der Waals surface area contributed by atoms with E-state index in [9.17, 15) is 0 Å². The van der Waals surface area contributed by atoms with E-state index in [0.717, 1.165) is 12.0 Å². The monoisotopic (exact) mass is 222 g/mol. The first-order chi connectivity index (χ1) is 7.87. The topological polar surface area (TPSA) is 15.3 Å². The smallest absolute Gasteiger partial charge is 0.0156 e. The molecule has 3 aliphatic heterocycles. The molecule has 3 unspecified atom stereocenters. The summed E-state index contributed by atoms with van der Waals surface area (Å²) in [6.07, 6.45) is 8.70. The molecule has 0 radical (unpaired) electrons. The van der Waals surface area contributed by atoms with E-state index in [2.05, 4.69) is 17.1 Å². The lowest BCUT2D eigenvalue weighted by Gasteiger charge is -2.48. The minimum absolute atomic E-state index is 0.695. The molecular weight excluding hydrogens is 196 g/mol. The van der Waals surface area contributed by atoms with Crippen molar-refractivity contribution in [3.05, 3.63) is 0 Å². The van der Waals surface area contributed by atoms with Gasteiger partial charge in [0, 0.05) is 6.04 Å². The van der Waals surface area contributed by atoms with Crippen LogP contribution in [0.15, 0.2) is 0 Å². The van der Waals surface area contributed by atoms with Crippen molar-refractivity contribution in [2.45, 2.75) is 51.5 Å². The Labute approximate surface area is 99.8 Å². The molecule has 92 valence electrons. The third-order valence-corrected chi connectivity index (χ3v) is 5.61. The van der Waals surface area contributed by atoms with Crippen LogP contribution >= 0.6 is 0 Å². The van der Waals surface area contributed by atoms with Crippen LogP contribution in [-0.2, 0) is 0 Å². The lowest BCUT2D eigenvalue weighted by Crippen LogP contribution is -2.52. The van der Waals surface area contributed by atoms with E-state index in [1.807, 2.05) is 0 Å². The summed E-state index contributed by atoms with van der Waals surface area (Å²) < 4.78 is 0. The fourth-order valence-electron chi connectivity index (χ4n) is 4.75. The second-order valence-corrected chi connectivity index (χ2v) is 6.09. The molecule has 3 atom stereocenters. The van der Waals surface area contributed by atoms with Gasteiger partial charge < -0.3 is 5.32 Å². The molecular formula is C14H26N2. The molecule has 0 aromatic carbocycles. The number of hydrogen-bond donors (Lipinski definition) is 1. The number of hydrogen-bond acceptors (Lipinski definition) is 2. The maximum atomic E-state index is 3.61. The molecule has 16 heavy (non-hydrogen) atoms. The zero-order valence-electron chi connectivity index (χ0n) is 10.7. The predicted octanol–water partition coefficient (Wildman–Crippen LogP) is 2.25. The summed E-state index contributed by atoms with van der Waals surface area (Å²) in [7, 11) is 0. The Morgan fingerprint density at radius 2 is 2.19 bits per heavy atom. The molecule has 3 heterocycles. The lowest BCUT2D eigenvalue weighted by molar-refractivity contribution is 0.0333. The molecule has 3 aliphatic rings. The zero-order valence-corrected chi connectivity index (χ0v) is 10.7. The van der Waals surface area contributed by atoms with Crippen molar-refractivity contribution in [1.82, 2.24) is 10.2 Å². The Kier molecular flexibility index (Phi) is 2.97. The highest BCUT2D eigenvalue weighted by Gasteiger charge is 2.52. The Morgan fingerprint density at radius 1 is 1.25 bits per heavy atom. The van der Waals surface area contributed by atoms with Crippen molar-refractivity contribution in [1.29, 1.82) is 0 Å². The molecule has 0 aliphatic carbocycles. The summed E-state index contributed by atoms with van der Waals surface area (Å²) >= 11 is 0. The van der Waals surface area contributed by atoms with Gasteiger partial charge >= 0.3 is 0 Å². The van der Waals surface area contributed by atoms with Crippen LogP contribution in [0.25, 0.3) is 0 Å². The molecule has 3 saturated heterocycles. The fourth-order valence-corrected chi connectivity index (χ4v) is 4.75. The van der Waals surface area contributed by atoms with Crippen LogP contribution < -0.4 is 5.32 Å². The maximum absolute atomic E-state index is 3.61. The quantitative estimate of drug-likeness (QED) is 0.732. The van der Waals surface area contributed by atoms with Gasteiger partial charge in [-0.2, -0.15) is 0 Å². The SMILES string of the molecule is CCC1CNCCC12CCN1CCCCC12. The Bertz CT molecular complexity index is 253. The van der Waals surface area contributed by atoms with Crippen LogP contribution in [0.4, 0.5) is 0 Å². The normalized spacial score (nSPS) is 44.8. The molecule has 2 heteroatoms. The minimum Gasteiger partial charge on any atom is -0.316 e. The molecule has 0 amide bonds. The largest absolute Gasteiger partial charge is 0.316 e. The standard InChI is InChI=1S/C14H26N2/c1-2-12-11-15-8-6-14(12)7-10-16-9-4-3-5-13(14)16/h12-13,15H,2-11H2,1H3.